The molecule has 0 aliphatic rings. The van der Waals surface area contributed by atoms with Crippen LogP contribution in [0, 0.1) is 11.8 Å². The third-order valence-corrected chi connectivity index (χ3v) is 2.12. The maximum absolute atomic E-state index is 5.48. The van der Waals surface area contributed by atoms with E-state index in [0.717, 1.165) is 24.9 Å². The Hall–Kier alpha value is -1.30. The van der Waals surface area contributed by atoms with Crippen molar-refractivity contribution in [3.63, 3.8) is 0 Å². The summed E-state index contributed by atoms with van der Waals surface area (Å²) in [6.45, 7) is 1.64. The Morgan fingerprint density at radius 2 is 2.00 bits per heavy atom. The predicted molar refractivity (Wildman–Crippen MR) is 64.6 cm³/mol. The van der Waals surface area contributed by atoms with Crippen molar-refractivity contribution in [2.75, 3.05) is 20.1 Å². The molecular weight excluding hydrogens is 184 g/mol. The molecule has 15 heavy (non-hydrogen) atoms. The molecule has 3 N–H and O–H groups in total. The molecule has 0 aromatic heterocycles. The Morgan fingerprint density at radius 3 is 2.60 bits per heavy atom. The monoisotopic (exact) mass is 202 g/mol. The second kappa shape index (κ2) is 7.05. The van der Waals surface area contributed by atoms with E-state index in [1.54, 1.807) is 0 Å². The molecule has 2 heteroatoms. The van der Waals surface area contributed by atoms with Crippen molar-refractivity contribution in [3.05, 3.63) is 35.4 Å². The van der Waals surface area contributed by atoms with Crippen LogP contribution >= 0.6 is 0 Å². The molecule has 1 aromatic carbocycles. The molecule has 0 radical (unpaired) electrons. The molecular formula is C13H18N2. The van der Waals surface area contributed by atoms with Gasteiger partial charge in [0, 0.05) is 18.5 Å². The number of hydrogen-bond donors (Lipinski definition) is 2. The van der Waals surface area contributed by atoms with E-state index in [1.165, 1.54) is 5.56 Å². The van der Waals surface area contributed by atoms with Gasteiger partial charge in [0.1, 0.15) is 0 Å². The van der Waals surface area contributed by atoms with E-state index in [4.69, 9.17) is 5.73 Å². The normalized spacial score (nSPS) is 9.47. The number of nitrogens with two attached hydrogens (primary N) is 1. The Morgan fingerprint density at radius 1 is 1.27 bits per heavy atom. The molecule has 0 unspecified atom stereocenters. The molecule has 1 rings (SSSR count). The molecule has 0 atom stereocenters. The summed E-state index contributed by atoms with van der Waals surface area (Å²) in [7, 11) is 1.93. The van der Waals surface area contributed by atoms with Gasteiger partial charge in [-0.2, -0.15) is 0 Å². The van der Waals surface area contributed by atoms with Gasteiger partial charge in [0.25, 0.3) is 0 Å². The van der Waals surface area contributed by atoms with Gasteiger partial charge < -0.3 is 11.1 Å². The fourth-order valence-corrected chi connectivity index (χ4v) is 1.27. The second-order valence-corrected chi connectivity index (χ2v) is 3.39. The zero-order chi connectivity index (χ0) is 10.9. The first-order chi connectivity index (χ1) is 7.36. The molecule has 0 fully saturated rings. The summed E-state index contributed by atoms with van der Waals surface area (Å²) < 4.78 is 0. The Bertz CT molecular complexity index is 330. The van der Waals surface area contributed by atoms with Crippen LogP contribution < -0.4 is 11.1 Å². The lowest BCUT2D eigenvalue weighted by atomic mass is 10.1. The maximum atomic E-state index is 5.48. The van der Waals surface area contributed by atoms with Crippen LogP contribution in [0.3, 0.4) is 0 Å². The molecule has 0 aliphatic heterocycles. The van der Waals surface area contributed by atoms with Crippen LogP contribution in [0.15, 0.2) is 24.3 Å². The quantitative estimate of drug-likeness (QED) is 0.568. The van der Waals surface area contributed by atoms with Crippen molar-refractivity contribution in [3.8, 4) is 11.8 Å². The number of benzene rings is 1. The average Bonchev–Trinajstić information content (AvgIpc) is 2.27. The zero-order valence-corrected chi connectivity index (χ0v) is 9.22. The first-order valence-electron chi connectivity index (χ1n) is 5.29. The Kier molecular flexibility index (Phi) is 5.54. The lowest BCUT2D eigenvalue weighted by Crippen LogP contribution is -2.05. The third kappa shape index (κ3) is 4.64. The first-order valence-corrected chi connectivity index (χ1v) is 5.29. The van der Waals surface area contributed by atoms with Gasteiger partial charge in [-0.15, -0.1) is 0 Å². The SMILES string of the molecule is CNCCC#Cc1ccc(CCN)cc1. The van der Waals surface area contributed by atoms with Gasteiger partial charge in [0.2, 0.25) is 0 Å². The van der Waals surface area contributed by atoms with Crippen LogP contribution in [-0.4, -0.2) is 20.1 Å². The number of rotatable bonds is 4. The van der Waals surface area contributed by atoms with Gasteiger partial charge in [0.15, 0.2) is 0 Å². The fourth-order valence-electron chi connectivity index (χ4n) is 1.27. The molecule has 2 nitrogen and oxygen atoms in total. The lowest BCUT2D eigenvalue weighted by Gasteiger charge is -1.97. The summed E-state index contributed by atoms with van der Waals surface area (Å²) in [5, 5.41) is 3.06. The highest BCUT2D eigenvalue weighted by atomic mass is 14.8. The Balaban J connectivity index is 2.51. The molecule has 1 aromatic rings. The molecule has 80 valence electrons. The summed E-state index contributed by atoms with van der Waals surface area (Å²) in [4.78, 5) is 0. The molecule has 0 amide bonds. The van der Waals surface area contributed by atoms with E-state index < -0.39 is 0 Å². The summed E-state index contributed by atoms with van der Waals surface area (Å²) in [5.41, 5.74) is 7.83. The summed E-state index contributed by atoms with van der Waals surface area (Å²) in [6, 6.07) is 8.29. The largest absolute Gasteiger partial charge is 0.330 e. The minimum absolute atomic E-state index is 0.702. The standard InChI is InChI=1S/C13H18N2/c1-15-11-3-2-4-12-5-7-13(8-6-12)9-10-14/h5-8,15H,3,9-11,14H2,1H3. The van der Waals surface area contributed by atoms with Gasteiger partial charge in [-0.05, 0) is 37.7 Å². The van der Waals surface area contributed by atoms with Gasteiger partial charge in [-0.1, -0.05) is 24.0 Å². The van der Waals surface area contributed by atoms with Gasteiger partial charge in [-0.25, -0.2) is 0 Å². The highest BCUT2D eigenvalue weighted by Crippen LogP contribution is 2.03. The van der Waals surface area contributed by atoms with Gasteiger partial charge >= 0.3 is 0 Å². The summed E-state index contributed by atoms with van der Waals surface area (Å²) >= 11 is 0. The van der Waals surface area contributed by atoms with Crippen molar-refractivity contribution in [2.24, 2.45) is 5.73 Å². The van der Waals surface area contributed by atoms with Crippen LogP contribution in [0.4, 0.5) is 0 Å². The fraction of sp³-hybridized carbons (Fsp3) is 0.385. The van der Waals surface area contributed by atoms with Crippen molar-refractivity contribution in [1.82, 2.24) is 5.32 Å². The Labute approximate surface area is 91.9 Å². The van der Waals surface area contributed by atoms with Crippen molar-refractivity contribution >= 4 is 0 Å². The molecule has 0 heterocycles. The van der Waals surface area contributed by atoms with Gasteiger partial charge in [0.05, 0.1) is 0 Å². The number of nitrogens with one attached hydrogen (secondary N) is 1. The van der Waals surface area contributed by atoms with Gasteiger partial charge in [-0.3, -0.25) is 0 Å². The van der Waals surface area contributed by atoms with Crippen LogP contribution in [0.2, 0.25) is 0 Å². The van der Waals surface area contributed by atoms with E-state index in [2.05, 4.69) is 41.4 Å². The average molecular weight is 202 g/mol. The first kappa shape index (κ1) is 11.8. The zero-order valence-electron chi connectivity index (χ0n) is 9.22. The van der Waals surface area contributed by atoms with Crippen LogP contribution in [0.5, 0.6) is 0 Å². The van der Waals surface area contributed by atoms with E-state index in [9.17, 15) is 0 Å². The smallest absolute Gasteiger partial charge is 0.0245 e. The van der Waals surface area contributed by atoms with Crippen molar-refractivity contribution in [2.45, 2.75) is 12.8 Å². The van der Waals surface area contributed by atoms with E-state index in [-0.39, 0.29) is 0 Å². The highest BCUT2D eigenvalue weighted by Gasteiger charge is 1.90. The van der Waals surface area contributed by atoms with E-state index >= 15 is 0 Å². The van der Waals surface area contributed by atoms with E-state index in [1.807, 2.05) is 7.05 Å². The second-order valence-electron chi connectivity index (χ2n) is 3.39. The third-order valence-electron chi connectivity index (χ3n) is 2.12. The highest BCUT2D eigenvalue weighted by molar-refractivity contribution is 5.36. The lowest BCUT2D eigenvalue weighted by molar-refractivity contribution is 0.818. The van der Waals surface area contributed by atoms with Crippen molar-refractivity contribution in [1.29, 1.82) is 0 Å². The maximum Gasteiger partial charge on any atom is 0.0245 e. The van der Waals surface area contributed by atoms with Crippen LogP contribution in [0.1, 0.15) is 17.5 Å². The molecule has 0 bridgehead atoms. The van der Waals surface area contributed by atoms with E-state index in [0.29, 0.717) is 6.54 Å². The molecule has 0 spiro atoms. The van der Waals surface area contributed by atoms with Crippen LogP contribution in [-0.2, 0) is 6.42 Å². The summed E-state index contributed by atoms with van der Waals surface area (Å²) in [5.74, 6) is 6.24. The minimum atomic E-state index is 0.702. The number of hydrogen-bond acceptors (Lipinski definition) is 2. The topological polar surface area (TPSA) is 38.0 Å². The molecule has 0 saturated carbocycles. The van der Waals surface area contributed by atoms with Crippen molar-refractivity contribution < 1.29 is 0 Å². The minimum Gasteiger partial charge on any atom is -0.330 e. The predicted octanol–water partition coefficient (Wildman–Crippen LogP) is 1.15. The molecule has 0 aliphatic carbocycles. The van der Waals surface area contributed by atoms with Crippen LogP contribution in [0.25, 0.3) is 0 Å². The molecule has 0 saturated heterocycles. The summed E-state index contributed by atoms with van der Waals surface area (Å²) in [6.07, 6.45) is 1.83.